The molecule has 1 aliphatic heterocycles. The number of aliphatic hydroxyl groups excluding tert-OH is 1. The van der Waals surface area contributed by atoms with Gasteiger partial charge < -0.3 is 5.11 Å². The van der Waals surface area contributed by atoms with Crippen LogP contribution in [0.4, 0.5) is 0 Å². The van der Waals surface area contributed by atoms with E-state index < -0.39 is 0 Å². The molecule has 0 radical (unpaired) electrons. The second-order valence-electron chi connectivity index (χ2n) is 2.67. The molecule has 58 valence electrons. The molecule has 1 heterocycles. The van der Waals surface area contributed by atoms with Gasteiger partial charge in [0.05, 0.1) is 6.61 Å². The van der Waals surface area contributed by atoms with Crippen molar-refractivity contribution in [3.05, 3.63) is 12.2 Å². The van der Waals surface area contributed by atoms with Gasteiger partial charge in [-0.25, -0.2) is 0 Å². The molecule has 1 atom stereocenters. The molecule has 2 nitrogen and oxygen atoms in total. The van der Waals surface area contributed by atoms with Gasteiger partial charge in [0.1, 0.15) is 0 Å². The Morgan fingerprint density at radius 3 is 2.50 bits per heavy atom. The lowest BCUT2D eigenvalue weighted by molar-refractivity contribution is 0.147. The monoisotopic (exact) mass is 141 g/mol. The van der Waals surface area contributed by atoms with Crippen LogP contribution in [0.2, 0.25) is 0 Å². The van der Waals surface area contributed by atoms with Crippen molar-refractivity contribution < 1.29 is 5.11 Å². The summed E-state index contributed by atoms with van der Waals surface area (Å²) in [6.45, 7) is 4.43. The van der Waals surface area contributed by atoms with Crippen molar-refractivity contribution in [1.29, 1.82) is 0 Å². The maximum absolute atomic E-state index is 8.92. The first-order valence-corrected chi connectivity index (χ1v) is 3.88. The normalized spacial score (nSPS) is 21.8. The first-order chi connectivity index (χ1) is 4.88. The van der Waals surface area contributed by atoms with Gasteiger partial charge in [-0.3, -0.25) is 4.90 Å². The topological polar surface area (TPSA) is 23.5 Å². The van der Waals surface area contributed by atoms with Gasteiger partial charge in [0.15, 0.2) is 0 Å². The minimum Gasteiger partial charge on any atom is -0.395 e. The molecule has 2 heteroatoms. The zero-order valence-corrected chi connectivity index (χ0v) is 6.45. The van der Waals surface area contributed by atoms with Crippen molar-refractivity contribution in [2.45, 2.75) is 19.4 Å². The number of nitrogens with zero attached hydrogens (tertiary/aromatic N) is 1. The molecular formula is C8H15NO. The van der Waals surface area contributed by atoms with E-state index in [9.17, 15) is 0 Å². The molecule has 10 heavy (non-hydrogen) atoms. The van der Waals surface area contributed by atoms with Gasteiger partial charge in [0.25, 0.3) is 0 Å². The van der Waals surface area contributed by atoms with E-state index in [1.54, 1.807) is 0 Å². The highest BCUT2D eigenvalue weighted by Gasteiger charge is 2.15. The third kappa shape index (κ3) is 1.58. The third-order valence-electron chi connectivity index (χ3n) is 2.04. The Balaban J connectivity index is 2.31. The number of rotatable bonds is 3. The smallest absolute Gasteiger partial charge is 0.0587 e. The Bertz CT molecular complexity index is 110. The summed E-state index contributed by atoms with van der Waals surface area (Å²) >= 11 is 0. The number of hydrogen-bond donors (Lipinski definition) is 1. The largest absolute Gasteiger partial charge is 0.395 e. The van der Waals surface area contributed by atoms with Gasteiger partial charge in [-0.05, 0) is 6.42 Å². The zero-order chi connectivity index (χ0) is 7.40. The van der Waals surface area contributed by atoms with E-state index in [1.165, 1.54) is 0 Å². The Kier molecular flexibility index (Phi) is 2.90. The van der Waals surface area contributed by atoms with Crippen LogP contribution >= 0.6 is 0 Å². The van der Waals surface area contributed by atoms with Crippen LogP contribution in [0, 0.1) is 0 Å². The van der Waals surface area contributed by atoms with Crippen LogP contribution in [0.5, 0.6) is 0 Å². The molecule has 1 unspecified atom stereocenters. The Morgan fingerprint density at radius 2 is 2.10 bits per heavy atom. The van der Waals surface area contributed by atoms with Crippen LogP contribution in [0.25, 0.3) is 0 Å². The fraction of sp³-hybridized carbons (Fsp3) is 0.750. The highest BCUT2D eigenvalue weighted by Crippen LogP contribution is 2.07. The van der Waals surface area contributed by atoms with Crippen LogP contribution < -0.4 is 0 Å². The van der Waals surface area contributed by atoms with Gasteiger partial charge in [-0.2, -0.15) is 0 Å². The van der Waals surface area contributed by atoms with Gasteiger partial charge in [-0.15, -0.1) is 0 Å². The molecule has 0 amide bonds. The van der Waals surface area contributed by atoms with Crippen LogP contribution in [-0.2, 0) is 0 Å². The van der Waals surface area contributed by atoms with Crippen molar-refractivity contribution in [3.63, 3.8) is 0 Å². The summed E-state index contributed by atoms with van der Waals surface area (Å²) < 4.78 is 0. The molecule has 0 spiro atoms. The molecule has 0 aromatic carbocycles. The lowest BCUT2D eigenvalue weighted by Crippen LogP contribution is -2.35. The number of aliphatic hydroxyl groups is 1. The Morgan fingerprint density at radius 1 is 1.50 bits per heavy atom. The van der Waals surface area contributed by atoms with E-state index in [2.05, 4.69) is 24.0 Å². The van der Waals surface area contributed by atoms with E-state index in [-0.39, 0.29) is 6.61 Å². The van der Waals surface area contributed by atoms with Gasteiger partial charge in [-0.1, -0.05) is 19.1 Å². The molecule has 0 aromatic rings. The quantitative estimate of drug-likeness (QED) is 0.583. The summed E-state index contributed by atoms with van der Waals surface area (Å²) in [6, 6.07) is 0.370. The molecule has 1 N–H and O–H groups in total. The predicted molar refractivity (Wildman–Crippen MR) is 41.9 cm³/mol. The fourth-order valence-electron chi connectivity index (χ4n) is 1.30. The molecule has 0 aromatic heterocycles. The van der Waals surface area contributed by atoms with E-state index in [0.717, 1.165) is 19.5 Å². The summed E-state index contributed by atoms with van der Waals surface area (Å²) in [5, 5.41) is 8.92. The van der Waals surface area contributed by atoms with Gasteiger partial charge >= 0.3 is 0 Å². The van der Waals surface area contributed by atoms with Crippen molar-refractivity contribution in [2.24, 2.45) is 0 Å². The molecular weight excluding hydrogens is 126 g/mol. The molecule has 0 saturated carbocycles. The first kappa shape index (κ1) is 7.76. The maximum Gasteiger partial charge on any atom is 0.0587 e. The van der Waals surface area contributed by atoms with Crippen molar-refractivity contribution in [1.82, 2.24) is 4.90 Å². The molecule has 0 bridgehead atoms. The summed E-state index contributed by atoms with van der Waals surface area (Å²) in [5.74, 6) is 0. The second-order valence-corrected chi connectivity index (χ2v) is 2.67. The zero-order valence-electron chi connectivity index (χ0n) is 6.45. The SMILES string of the molecule is CCC(CO)N1CC=CC1. The van der Waals surface area contributed by atoms with Crippen LogP contribution in [-0.4, -0.2) is 35.7 Å². The average Bonchev–Trinajstić information content (AvgIpc) is 2.43. The summed E-state index contributed by atoms with van der Waals surface area (Å²) in [5.41, 5.74) is 0. The standard InChI is InChI=1S/C8H15NO/c1-2-8(7-10)9-5-3-4-6-9/h3-4,8,10H,2,5-7H2,1H3. The molecule has 0 saturated heterocycles. The van der Waals surface area contributed by atoms with E-state index in [1.807, 2.05) is 0 Å². The second kappa shape index (κ2) is 3.74. The third-order valence-corrected chi connectivity index (χ3v) is 2.04. The Labute approximate surface area is 62.2 Å². The summed E-state index contributed by atoms with van der Waals surface area (Å²) in [6.07, 6.45) is 5.34. The average molecular weight is 141 g/mol. The maximum atomic E-state index is 8.92. The summed E-state index contributed by atoms with van der Waals surface area (Å²) in [4.78, 5) is 2.28. The van der Waals surface area contributed by atoms with Crippen molar-refractivity contribution in [3.8, 4) is 0 Å². The van der Waals surface area contributed by atoms with Crippen molar-refractivity contribution in [2.75, 3.05) is 19.7 Å². The molecule has 0 aliphatic carbocycles. The molecule has 1 aliphatic rings. The van der Waals surface area contributed by atoms with E-state index in [4.69, 9.17) is 5.11 Å². The van der Waals surface area contributed by atoms with Crippen LogP contribution in [0.3, 0.4) is 0 Å². The Hall–Kier alpha value is -0.340. The molecule has 0 fully saturated rings. The molecule has 1 rings (SSSR count). The highest BCUT2D eigenvalue weighted by molar-refractivity contribution is 4.97. The lowest BCUT2D eigenvalue weighted by atomic mass is 10.2. The van der Waals surface area contributed by atoms with E-state index in [0.29, 0.717) is 6.04 Å². The summed E-state index contributed by atoms with van der Waals surface area (Å²) in [7, 11) is 0. The van der Waals surface area contributed by atoms with E-state index >= 15 is 0 Å². The number of hydrogen-bond acceptors (Lipinski definition) is 2. The minimum absolute atomic E-state index is 0.290. The van der Waals surface area contributed by atoms with Crippen LogP contribution in [0.1, 0.15) is 13.3 Å². The van der Waals surface area contributed by atoms with Crippen molar-refractivity contribution >= 4 is 0 Å². The lowest BCUT2D eigenvalue weighted by Gasteiger charge is -2.23. The highest BCUT2D eigenvalue weighted by atomic mass is 16.3. The van der Waals surface area contributed by atoms with Gasteiger partial charge in [0, 0.05) is 19.1 Å². The van der Waals surface area contributed by atoms with Gasteiger partial charge in [0.2, 0.25) is 0 Å². The first-order valence-electron chi connectivity index (χ1n) is 3.88. The minimum atomic E-state index is 0.290. The fourth-order valence-corrected chi connectivity index (χ4v) is 1.30. The van der Waals surface area contributed by atoms with Crippen LogP contribution in [0.15, 0.2) is 12.2 Å². The predicted octanol–water partition coefficient (Wildman–Crippen LogP) is 0.629.